The van der Waals surface area contributed by atoms with Gasteiger partial charge in [-0.1, -0.05) is 24.3 Å². The third-order valence-electron chi connectivity index (χ3n) is 6.67. The number of anilines is 1. The largest absolute Gasteiger partial charge is 0.496 e. The number of likely N-dealkylation sites (N-methyl/N-ethyl adjacent to an activating group) is 1. The van der Waals surface area contributed by atoms with E-state index in [2.05, 4.69) is 61.1 Å². The summed E-state index contributed by atoms with van der Waals surface area (Å²) in [6, 6.07) is 14.1. The number of para-hydroxylation sites is 1. The molecular weight excluding hydrogens is 436 g/mol. The molecule has 2 aromatic carbocycles. The molecule has 1 aliphatic heterocycles. The molecule has 3 aromatic rings. The number of hydrogen-bond acceptors (Lipinski definition) is 4. The molecular formula is C29H32N4O2. The van der Waals surface area contributed by atoms with Gasteiger partial charge in [0.05, 0.1) is 12.6 Å². The quantitative estimate of drug-likeness (QED) is 0.356. The third-order valence-corrected chi connectivity index (χ3v) is 6.67. The Kier molecular flexibility index (Phi) is 6.70. The zero-order chi connectivity index (χ0) is 25.2. The first-order chi connectivity index (χ1) is 16.8. The number of fused-ring (bicyclic) bond motifs is 2. The Morgan fingerprint density at radius 1 is 1.29 bits per heavy atom. The van der Waals surface area contributed by atoms with Gasteiger partial charge in [-0.2, -0.15) is 5.26 Å². The molecule has 0 atom stereocenters. The lowest BCUT2D eigenvalue weighted by Gasteiger charge is -2.43. The Balaban J connectivity index is 1.57. The molecule has 6 heteroatoms. The number of allylic oxidation sites excluding steroid dienone is 1. The van der Waals surface area contributed by atoms with Gasteiger partial charge in [0.15, 0.2) is 0 Å². The highest BCUT2D eigenvalue weighted by atomic mass is 16.5. The molecule has 6 nitrogen and oxygen atoms in total. The summed E-state index contributed by atoms with van der Waals surface area (Å²) in [5, 5.41) is 13.8. The Morgan fingerprint density at radius 3 is 2.77 bits per heavy atom. The first-order valence-electron chi connectivity index (χ1n) is 11.9. The van der Waals surface area contributed by atoms with Crippen LogP contribution in [0.2, 0.25) is 0 Å². The van der Waals surface area contributed by atoms with Gasteiger partial charge in [0, 0.05) is 53.1 Å². The van der Waals surface area contributed by atoms with Crippen LogP contribution in [0.5, 0.6) is 5.75 Å². The number of aromatic amines is 1. The van der Waals surface area contributed by atoms with Crippen LogP contribution in [0.3, 0.4) is 0 Å². The fourth-order valence-electron chi connectivity index (χ4n) is 5.04. The maximum atomic E-state index is 12.8. The molecule has 2 heterocycles. The number of ether oxygens (including phenoxy) is 1. The van der Waals surface area contributed by atoms with Crippen molar-refractivity contribution in [2.24, 2.45) is 0 Å². The minimum absolute atomic E-state index is 0.0484. The fourth-order valence-corrected chi connectivity index (χ4v) is 5.04. The van der Waals surface area contributed by atoms with E-state index >= 15 is 0 Å². The highest BCUT2D eigenvalue weighted by Crippen LogP contribution is 2.42. The second-order valence-corrected chi connectivity index (χ2v) is 9.37. The molecule has 0 saturated heterocycles. The Morgan fingerprint density at radius 2 is 2.06 bits per heavy atom. The molecule has 35 heavy (non-hydrogen) atoms. The van der Waals surface area contributed by atoms with Crippen molar-refractivity contribution in [2.75, 3.05) is 25.1 Å². The van der Waals surface area contributed by atoms with Crippen LogP contribution in [0.1, 0.15) is 44.4 Å². The van der Waals surface area contributed by atoms with E-state index in [0.717, 1.165) is 39.8 Å². The predicted molar refractivity (Wildman–Crippen MR) is 142 cm³/mol. The number of carbonyl (C=O) groups excluding carboxylic acids is 1. The second-order valence-electron chi connectivity index (χ2n) is 9.37. The summed E-state index contributed by atoms with van der Waals surface area (Å²) in [6.45, 7) is 9.90. The maximum Gasteiger partial charge on any atom is 0.261 e. The summed E-state index contributed by atoms with van der Waals surface area (Å²) in [5.74, 6) is 0.239. The number of rotatable bonds is 7. The molecule has 0 aliphatic carbocycles. The summed E-state index contributed by atoms with van der Waals surface area (Å²) in [5.41, 5.74) is 6.17. The Labute approximate surface area is 206 Å². The number of hydrogen-bond donors (Lipinski definition) is 2. The predicted octanol–water partition coefficient (Wildman–Crippen LogP) is 5.46. The van der Waals surface area contributed by atoms with E-state index in [-0.39, 0.29) is 11.1 Å². The van der Waals surface area contributed by atoms with Crippen molar-refractivity contribution in [3.8, 4) is 11.8 Å². The maximum absolute atomic E-state index is 12.8. The van der Waals surface area contributed by atoms with Crippen molar-refractivity contribution in [1.82, 2.24) is 10.3 Å². The van der Waals surface area contributed by atoms with Gasteiger partial charge >= 0.3 is 0 Å². The number of nitrogens with zero attached hydrogens (tertiary/aromatic N) is 2. The molecule has 4 rings (SSSR count). The van der Waals surface area contributed by atoms with Crippen molar-refractivity contribution in [2.45, 2.75) is 39.7 Å². The topological polar surface area (TPSA) is 81.2 Å². The van der Waals surface area contributed by atoms with Gasteiger partial charge in [-0.15, -0.1) is 0 Å². The van der Waals surface area contributed by atoms with E-state index < -0.39 is 5.91 Å². The number of aromatic nitrogens is 1. The van der Waals surface area contributed by atoms with Crippen LogP contribution < -0.4 is 15.0 Å². The number of methoxy groups -OCH3 is 1. The number of amides is 1. The molecule has 1 aliphatic rings. The Hall–Kier alpha value is -3.98. The van der Waals surface area contributed by atoms with E-state index in [4.69, 9.17) is 4.74 Å². The van der Waals surface area contributed by atoms with Crippen LogP contribution in [0.25, 0.3) is 22.6 Å². The van der Waals surface area contributed by atoms with Gasteiger partial charge in [-0.3, -0.25) is 4.79 Å². The SMILES string of the molecule is CCN1c2cc(OC)c(/C=C(\C#N)C(=O)NCCc3c[nH]c4ccccc34)cc2C(C)=CC1(C)C. The average molecular weight is 469 g/mol. The second kappa shape index (κ2) is 9.71. The summed E-state index contributed by atoms with van der Waals surface area (Å²) < 4.78 is 5.67. The molecule has 0 radical (unpaired) electrons. The first kappa shape index (κ1) is 24.2. The molecule has 1 amide bonds. The van der Waals surface area contributed by atoms with Gasteiger partial charge < -0.3 is 19.9 Å². The van der Waals surface area contributed by atoms with Crippen molar-refractivity contribution in [3.05, 3.63) is 70.9 Å². The molecule has 0 spiro atoms. The van der Waals surface area contributed by atoms with Crippen LogP contribution in [-0.4, -0.2) is 36.6 Å². The van der Waals surface area contributed by atoms with Gasteiger partial charge in [0.25, 0.3) is 5.91 Å². The smallest absolute Gasteiger partial charge is 0.261 e. The van der Waals surface area contributed by atoms with Crippen LogP contribution >= 0.6 is 0 Å². The van der Waals surface area contributed by atoms with E-state index in [9.17, 15) is 10.1 Å². The number of benzene rings is 2. The highest BCUT2D eigenvalue weighted by molar-refractivity contribution is 6.02. The number of H-pyrrole nitrogens is 1. The molecule has 0 fully saturated rings. The fraction of sp³-hybridized carbons (Fsp3) is 0.310. The first-order valence-corrected chi connectivity index (χ1v) is 11.9. The standard InChI is InChI=1S/C29H32N4O2/c1-6-33-26-15-27(35-5)21(14-24(26)19(2)16-29(33,3)4)13-22(17-30)28(34)31-12-11-20-18-32-25-10-8-7-9-23(20)25/h7-10,13-16,18,32H,6,11-12H2,1-5H3,(H,31,34)/b22-13+. The minimum atomic E-state index is -0.393. The van der Waals surface area contributed by atoms with Gasteiger partial charge in [0.2, 0.25) is 0 Å². The monoisotopic (exact) mass is 468 g/mol. The van der Waals surface area contributed by atoms with Crippen LogP contribution in [-0.2, 0) is 11.2 Å². The number of nitrogens with one attached hydrogen (secondary N) is 2. The van der Waals surface area contributed by atoms with E-state index in [0.29, 0.717) is 24.3 Å². The Bertz CT molecular complexity index is 1370. The lowest BCUT2D eigenvalue weighted by Crippen LogP contribution is -2.44. The molecule has 180 valence electrons. The normalized spacial score (nSPS) is 14.8. The molecule has 2 N–H and O–H groups in total. The van der Waals surface area contributed by atoms with Gasteiger partial charge in [-0.05, 0) is 63.5 Å². The van der Waals surface area contributed by atoms with Crippen LogP contribution in [0.4, 0.5) is 5.69 Å². The van der Waals surface area contributed by atoms with Gasteiger partial charge in [0.1, 0.15) is 17.4 Å². The average Bonchev–Trinajstić information content (AvgIpc) is 3.25. The number of carbonyl (C=O) groups is 1. The van der Waals surface area contributed by atoms with Crippen LogP contribution in [0.15, 0.2) is 54.2 Å². The highest BCUT2D eigenvalue weighted by Gasteiger charge is 2.31. The summed E-state index contributed by atoms with van der Waals surface area (Å²) >= 11 is 0. The van der Waals surface area contributed by atoms with E-state index in [1.807, 2.05) is 36.5 Å². The van der Waals surface area contributed by atoms with Crippen molar-refractivity contribution in [1.29, 1.82) is 5.26 Å². The summed E-state index contributed by atoms with van der Waals surface area (Å²) in [7, 11) is 1.61. The van der Waals surface area contributed by atoms with E-state index in [1.165, 1.54) is 0 Å². The van der Waals surface area contributed by atoms with Crippen molar-refractivity contribution < 1.29 is 9.53 Å². The molecule has 0 unspecified atom stereocenters. The molecule has 0 saturated carbocycles. The zero-order valence-electron chi connectivity index (χ0n) is 21.0. The third kappa shape index (κ3) is 4.67. The summed E-state index contributed by atoms with van der Waals surface area (Å²) in [6.07, 6.45) is 6.50. The van der Waals surface area contributed by atoms with Crippen LogP contribution in [0, 0.1) is 11.3 Å². The molecule has 1 aromatic heterocycles. The van der Waals surface area contributed by atoms with E-state index in [1.54, 1.807) is 13.2 Å². The van der Waals surface area contributed by atoms with Gasteiger partial charge in [-0.25, -0.2) is 0 Å². The van der Waals surface area contributed by atoms with Crippen molar-refractivity contribution >= 4 is 34.1 Å². The van der Waals surface area contributed by atoms with Crippen molar-refractivity contribution in [3.63, 3.8) is 0 Å². The number of nitriles is 1. The summed E-state index contributed by atoms with van der Waals surface area (Å²) in [4.78, 5) is 18.4. The zero-order valence-corrected chi connectivity index (χ0v) is 21.0. The minimum Gasteiger partial charge on any atom is -0.496 e. The lowest BCUT2D eigenvalue weighted by atomic mass is 9.87. The lowest BCUT2D eigenvalue weighted by molar-refractivity contribution is -0.117. The molecule has 0 bridgehead atoms.